The number of hydrogen-bond acceptors (Lipinski definition) is 4. The van der Waals surface area contributed by atoms with E-state index in [1.54, 1.807) is 22.8 Å². The van der Waals surface area contributed by atoms with Gasteiger partial charge < -0.3 is 9.30 Å². The third-order valence-corrected chi connectivity index (χ3v) is 5.16. The third-order valence-electron chi connectivity index (χ3n) is 3.40. The highest BCUT2D eigenvalue weighted by atomic mass is 79.9. The minimum absolute atomic E-state index is 0.00257. The molecule has 0 bridgehead atoms. The zero-order valence-electron chi connectivity index (χ0n) is 12.7. The lowest BCUT2D eigenvalue weighted by atomic mass is 10.2. The number of amides is 1. The molecule has 1 aromatic heterocycles. The fraction of sp³-hybridized carbons (Fsp3) is 0.118. The fourth-order valence-electron chi connectivity index (χ4n) is 2.23. The highest BCUT2D eigenvalue weighted by Crippen LogP contribution is 2.19. The molecule has 2 aromatic carbocycles. The second kappa shape index (κ2) is 7.11. The van der Waals surface area contributed by atoms with E-state index in [1.165, 1.54) is 18.4 Å². The van der Waals surface area contributed by atoms with Crippen LogP contribution in [0.1, 0.15) is 10.4 Å². The number of esters is 1. The zero-order valence-corrected chi connectivity index (χ0v) is 15.1. The van der Waals surface area contributed by atoms with E-state index in [9.17, 15) is 9.59 Å². The van der Waals surface area contributed by atoms with Gasteiger partial charge in [-0.25, -0.2) is 0 Å². The van der Waals surface area contributed by atoms with Crippen LogP contribution >= 0.6 is 27.3 Å². The van der Waals surface area contributed by atoms with E-state index < -0.39 is 5.97 Å². The van der Waals surface area contributed by atoms with E-state index in [-0.39, 0.29) is 12.5 Å². The number of rotatable bonds is 3. The van der Waals surface area contributed by atoms with Crippen LogP contribution in [0.5, 0.6) is 0 Å². The number of carbonyl (C=O) groups excluding carboxylic acids is 2. The second-order valence-corrected chi connectivity index (χ2v) is 6.77. The number of benzene rings is 2. The Morgan fingerprint density at radius 1 is 1.17 bits per heavy atom. The van der Waals surface area contributed by atoms with Gasteiger partial charge in [-0.2, -0.15) is 4.99 Å². The molecule has 3 rings (SSSR count). The molecular formula is C17H13BrN2O3S. The molecule has 3 aromatic rings. The van der Waals surface area contributed by atoms with Gasteiger partial charge in [-0.05, 0) is 40.2 Å². The molecule has 0 N–H and O–H groups in total. The number of nitrogens with zero attached hydrogens (tertiary/aromatic N) is 2. The first-order valence-corrected chi connectivity index (χ1v) is 8.70. The summed E-state index contributed by atoms with van der Waals surface area (Å²) in [5, 5.41) is 0. The lowest BCUT2D eigenvalue weighted by molar-refractivity contribution is -0.141. The highest BCUT2D eigenvalue weighted by Gasteiger charge is 2.13. The normalized spacial score (nSPS) is 11.7. The van der Waals surface area contributed by atoms with Crippen molar-refractivity contribution in [1.82, 2.24) is 4.57 Å². The summed E-state index contributed by atoms with van der Waals surface area (Å²) in [5.41, 5.74) is 1.31. The number of carbonyl (C=O) groups is 2. The van der Waals surface area contributed by atoms with Gasteiger partial charge in [0, 0.05) is 4.47 Å². The van der Waals surface area contributed by atoms with Crippen LogP contribution in [-0.4, -0.2) is 23.6 Å². The summed E-state index contributed by atoms with van der Waals surface area (Å²) in [6.45, 7) is 0.00257. The number of para-hydroxylation sites is 1. The zero-order chi connectivity index (χ0) is 17.1. The van der Waals surface area contributed by atoms with Crippen molar-refractivity contribution in [3.05, 3.63) is 63.4 Å². The van der Waals surface area contributed by atoms with E-state index in [0.29, 0.717) is 14.8 Å². The van der Waals surface area contributed by atoms with Crippen LogP contribution in [0, 0.1) is 0 Å². The van der Waals surface area contributed by atoms with Gasteiger partial charge in [-0.1, -0.05) is 35.6 Å². The number of hydrogen-bond donors (Lipinski definition) is 0. The smallest absolute Gasteiger partial charge is 0.325 e. The van der Waals surface area contributed by atoms with Crippen molar-refractivity contribution in [2.45, 2.75) is 6.54 Å². The van der Waals surface area contributed by atoms with Crippen molar-refractivity contribution in [2.24, 2.45) is 4.99 Å². The molecule has 0 aliphatic rings. The Morgan fingerprint density at radius 3 is 2.62 bits per heavy atom. The molecule has 7 heteroatoms. The second-order valence-electron chi connectivity index (χ2n) is 4.91. The van der Waals surface area contributed by atoms with Gasteiger partial charge >= 0.3 is 5.97 Å². The van der Waals surface area contributed by atoms with Crippen molar-refractivity contribution in [2.75, 3.05) is 7.11 Å². The Kier molecular flexibility index (Phi) is 4.92. The van der Waals surface area contributed by atoms with E-state index in [0.717, 1.165) is 10.2 Å². The van der Waals surface area contributed by atoms with Gasteiger partial charge in [0.15, 0.2) is 4.80 Å². The number of halogens is 1. The summed E-state index contributed by atoms with van der Waals surface area (Å²) in [6, 6.07) is 14.7. The van der Waals surface area contributed by atoms with E-state index >= 15 is 0 Å². The summed E-state index contributed by atoms with van der Waals surface area (Å²) in [7, 11) is 1.33. The van der Waals surface area contributed by atoms with Gasteiger partial charge in [0.25, 0.3) is 5.91 Å². The number of aromatic nitrogens is 1. The molecule has 0 atom stereocenters. The molecule has 5 nitrogen and oxygen atoms in total. The Balaban J connectivity index is 2.14. The molecule has 1 amide bonds. The summed E-state index contributed by atoms with van der Waals surface area (Å²) >= 11 is 4.71. The molecule has 122 valence electrons. The fourth-order valence-corrected chi connectivity index (χ4v) is 3.72. The summed E-state index contributed by atoms with van der Waals surface area (Å²) in [5.74, 6) is -0.763. The molecular weight excluding hydrogens is 392 g/mol. The topological polar surface area (TPSA) is 60.7 Å². The SMILES string of the molecule is COC(=O)Cn1c(=NC(=O)c2ccccc2Br)sc2ccccc21. The summed E-state index contributed by atoms with van der Waals surface area (Å²) in [6.07, 6.45) is 0. The van der Waals surface area contributed by atoms with Crippen molar-refractivity contribution in [3.8, 4) is 0 Å². The Hall–Kier alpha value is -2.25. The molecule has 0 saturated heterocycles. The minimum atomic E-state index is -0.395. The quantitative estimate of drug-likeness (QED) is 0.628. The van der Waals surface area contributed by atoms with Crippen LogP contribution in [-0.2, 0) is 16.1 Å². The Morgan fingerprint density at radius 2 is 1.88 bits per heavy atom. The van der Waals surface area contributed by atoms with Crippen molar-refractivity contribution in [1.29, 1.82) is 0 Å². The van der Waals surface area contributed by atoms with Gasteiger partial charge in [-0.15, -0.1) is 0 Å². The number of thiazole rings is 1. The number of ether oxygens (including phenoxy) is 1. The van der Waals surface area contributed by atoms with Gasteiger partial charge in [0.05, 0.1) is 22.9 Å². The van der Waals surface area contributed by atoms with Gasteiger partial charge in [0.1, 0.15) is 6.54 Å². The molecule has 24 heavy (non-hydrogen) atoms. The average Bonchev–Trinajstić information content (AvgIpc) is 2.92. The first-order chi connectivity index (χ1) is 11.6. The molecule has 0 aliphatic heterocycles. The van der Waals surface area contributed by atoms with Crippen LogP contribution < -0.4 is 4.80 Å². The molecule has 0 saturated carbocycles. The number of methoxy groups -OCH3 is 1. The molecule has 0 unspecified atom stereocenters. The van der Waals surface area contributed by atoms with Crippen LogP contribution in [0.3, 0.4) is 0 Å². The maximum Gasteiger partial charge on any atom is 0.325 e. The largest absolute Gasteiger partial charge is 0.468 e. The molecule has 0 radical (unpaired) electrons. The lowest BCUT2D eigenvalue weighted by Crippen LogP contribution is -2.22. The van der Waals surface area contributed by atoms with E-state index in [1.807, 2.05) is 30.3 Å². The first-order valence-electron chi connectivity index (χ1n) is 7.09. The van der Waals surface area contributed by atoms with Crippen molar-refractivity contribution in [3.63, 3.8) is 0 Å². The highest BCUT2D eigenvalue weighted by molar-refractivity contribution is 9.10. The minimum Gasteiger partial charge on any atom is -0.468 e. The van der Waals surface area contributed by atoms with Crippen molar-refractivity contribution < 1.29 is 14.3 Å². The average molecular weight is 405 g/mol. The monoisotopic (exact) mass is 404 g/mol. The van der Waals surface area contributed by atoms with Crippen LogP contribution in [0.25, 0.3) is 10.2 Å². The standard InChI is InChI=1S/C17H13BrN2O3S/c1-23-15(21)10-20-13-8-4-5-9-14(13)24-17(20)19-16(22)11-6-2-3-7-12(11)18/h2-9H,10H2,1H3. The van der Waals surface area contributed by atoms with Gasteiger partial charge in [0.2, 0.25) is 0 Å². The van der Waals surface area contributed by atoms with E-state index in [4.69, 9.17) is 4.74 Å². The maximum absolute atomic E-state index is 12.5. The summed E-state index contributed by atoms with van der Waals surface area (Å²) < 4.78 is 8.07. The predicted molar refractivity (Wildman–Crippen MR) is 95.9 cm³/mol. The Bertz CT molecular complexity index is 991. The van der Waals surface area contributed by atoms with Gasteiger partial charge in [-0.3, -0.25) is 9.59 Å². The van der Waals surface area contributed by atoms with Crippen molar-refractivity contribution >= 4 is 49.4 Å². The molecule has 0 spiro atoms. The maximum atomic E-state index is 12.5. The number of fused-ring (bicyclic) bond motifs is 1. The molecule has 0 aliphatic carbocycles. The predicted octanol–water partition coefficient (Wildman–Crippen LogP) is 3.38. The molecule has 1 heterocycles. The lowest BCUT2D eigenvalue weighted by Gasteiger charge is -2.03. The van der Waals surface area contributed by atoms with Crippen LogP contribution in [0.2, 0.25) is 0 Å². The first kappa shape index (κ1) is 16.6. The van der Waals surface area contributed by atoms with Crippen LogP contribution in [0.4, 0.5) is 0 Å². The van der Waals surface area contributed by atoms with E-state index in [2.05, 4.69) is 20.9 Å². The van der Waals surface area contributed by atoms with Crippen LogP contribution in [0.15, 0.2) is 58.0 Å². The molecule has 0 fully saturated rings. The Labute approximate surface area is 150 Å². The summed E-state index contributed by atoms with van der Waals surface area (Å²) in [4.78, 5) is 28.9. The third kappa shape index (κ3) is 3.32.